The lowest BCUT2D eigenvalue weighted by Crippen LogP contribution is -2.21. The zero-order valence-electron chi connectivity index (χ0n) is 13.2. The summed E-state index contributed by atoms with van der Waals surface area (Å²) in [5.74, 6) is 1.17. The second kappa shape index (κ2) is 5.97. The first-order valence-corrected chi connectivity index (χ1v) is 7.71. The van der Waals surface area contributed by atoms with Gasteiger partial charge in [0.25, 0.3) is 0 Å². The number of aryl methyl sites for hydroxylation is 3. The van der Waals surface area contributed by atoms with Gasteiger partial charge in [0.05, 0.1) is 5.69 Å². The SMILES string of the molecule is Cc1ccc([C@@H](C)NCc2c(C)nn(C)c2N(C)C)s1. The molecular weight excluding hydrogens is 268 g/mol. The molecule has 4 nitrogen and oxygen atoms in total. The Morgan fingerprint density at radius 3 is 2.60 bits per heavy atom. The maximum absolute atomic E-state index is 4.52. The van der Waals surface area contributed by atoms with Crippen molar-refractivity contribution in [2.24, 2.45) is 7.05 Å². The molecule has 0 aromatic carbocycles. The average Bonchev–Trinajstić information content (AvgIpc) is 2.90. The van der Waals surface area contributed by atoms with Crippen LogP contribution in [-0.4, -0.2) is 23.9 Å². The summed E-state index contributed by atoms with van der Waals surface area (Å²) in [6.45, 7) is 7.28. The third-order valence-corrected chi connectivity index (χ3v) is 4.69. The zero-order chi connectivity index (χ0) is 14.9. The summed E-state index contributed by atoms with van der Waals surface area (Å²) >= 11 is 1.86. The Balaban J connectivity index is 2.11. The van der Waals surface area contributed by atoms with Gasteiger partial charge in [0.15, 0.2) is 0 Å². The van der Waals surface area contributed by atoms with Gasteiger partial charge in [0, 0.05) is 49.0 Å². The van der Waals surface area contributed by atoms with Crippen molar-refractivity contribution in [3.05, 3.63) is 33.1 Å². The lowest BCUT2D eigenvalue weighted by Gasteiger charge is -2.17. The van der Waals surface area contributed by atoms with E-state index in [2.05, 4.69) is 62.3 Å². The molecule has 2 rings (SSSR count). The molecule has 0 fully saturated rings. The van der Waals surface area contributed by atoms with E-state index in [1.54, 1.807) is 0 Å². The quantitative estimate of drug-likeness (QED) is 0.919. The van der Waals surface area contributed by atoms with E-state index < -0.39 is 0 Å². The maximum Gasteiger partial charge on any atom is 0.130 e. The van der Waals surface area contributed by atoms with E-state index in [1.165, 1.54) is 21.1 Å². The normalized spacial score (nSPS) is 12.7. The zero-order valence-corrected chi connectivity index (χ0v) is 14.0. The van der Waals surface area contributed by atoms with Gasteiger partial charge in [-0.05, 0) is 32.9 Å². The summed E-state index contributed by atoms with van der Waals surface area (Å²) in [6, 6.07) is 4.75. The van der Waals surface area contributed by atoms with Gasteiger partial charge >= 0.3 is 0 Å². The minimum absolute atomic E-state index is 0.364. The topological polar surface area (TPSA) is 33.1 Å². The Labute approximate surface area is 125 Å². The largest absolute Gasteiger partial charge is 0.363 e. The molecule has 1 N–H and O–H groups in total. The van der Waals surface area contributed by atoms with Crippen LogP contribution in [0.3, 0.4) is 0 Å². The van der Waals surface area contributed by atoms with E-state index in [0.717, 1.165) is 12.2 Å². The molecule has 2 heterocycles. The fourth-order valence-electron chi connectivity index (χ4n) is 2.50. The Hall–Kier alpha value is -1.33. The van der Waals surface area contributed by atoms with E-state index >= 15 is 0 Å². The van der Waals surface area contributed by atoms with Gasteiger partial charge in [-0.3, -0.25) is 4.68 Å². The molecule has 0 radical (unpaired) electrons. The minimum atomic E-state index is 0.364. The van der Waals surface area contributed by atoms with Crippen molar-refractivity contribution in [2.45, 2.75) is 33.4 Å². The second-order valence-electron chi connectivity index (χ2n) is 5.46. The minimum Gasteiger partial charge on any atom is -0.363 e. The Kier molecular flexibility index (Phi) is 4.50. The molecule has 20 heavy (non-hydrogen) atoms. The van der Waals surface area contributed by atoms with Crippen LogP contribution in [0.4, 0.5) is 5.82 Å². The molecule has 0 amide bonds. The van der Waals surface area contributed by atoms with Crippen molar-refractivity contribution in [1.82, 2.24) is 15.1 Å². The first-order chi connectivity index (χ1) is 9.40. The monoisotopic (exact) mass is 292 g/mol. The first kappa shape index (κ1) is 15.1. The van der Waals surface area contributed by atoms with Gasteiger partial charge in [0.1, 0.15) is 5.82 Å². The number of nitrogens with zero attached hydrogens (tertiary/aromatic N) is 3. The molecule has 110 valence electrons. The molecule has 1 atom stereocenters. The summed E-state index contributed by atoms with van der Waals surface area (Å²) in [7, 11) is 6.12. The number of nitrogens with one attached hydrogen (secondary N) is 1. The van der Waals surface area contributed by atoms with Gasteiger partial charge in [-0.25, -0.2) is 0 Å². The van der Waals surface area contributed by atoms with Crippen LogP contribution >= 0.6 is 11.3 Å². The molecule has 2 aromatic heterocycles. The van der Waals surface area contributed by atoms with Gasteiger partial charge in [0.2, 0.25) is 0 Å². The molecule has 0 saturated heterocycles. The van der Waals surface area contributed by atoms with Crippen LogP contribution < -0.4 is 10.2 Å². The van der Waals surface area contributed by atoms with Crippen LogP contribution in [0.25, 0.3) is 0 Å². The van der Waals surface area contributed by atoms with E-state index in [1.807, 2.05) is 23.1 Å². The van der Waals surface area contributed by atoms with Gasteiger partial charge in [-0.2, -0.15) is 5.10 Å². The van der Waals surface area contributed by atoms with Crippen LogP contribution in [0.2, 0.25) is 0 Å². The summed E-state index contributed by atoms with van der Waals surface area (Å²) in [4.78, 5) is 4.87. The maximum atomic E-state index is 4.52. The second-order valence-corrected chi connectivity index (χ2v) is 6.78. The van der Waals surface area contributed by atoms with E-state index in [9.17, 15) is 0 Å². The molecular formula is C15H24N4S. The first-order valence-electron chi connectivity index (χ1n) is 6.89. The van der Waals surface area contributed by atoms with E-state index in [4.69, 9.17) is 0 Å². The van der Waals surface area contributed by atoms with Crippen LogP contribution in [0.1, 0.15) is 34.0 Å². The molecule has 0 aliphatic rings. The summed E-state index contributed by atoms with van der Waals surface area (Å²) in [5.41, 5.74) is 2.37. The summed E-state index contributed by atoms with van der Waals surface area (Å²) in [6.07, 6.45) is 0. The number of rotatable bonds is 5. The van der Waals surface area contributed by atoms with Crippen molar-refractivity contribution in [1.29, 1.82) is 0 Å². The van der Waals surface area contributed by atoms with Gasteiger partial charge < -0.3 is 10.2 Å². The number of hydrogen-bond donors (Lipinski definition) is 1. The molecule has 0 aliphatic carbocycles. The number of hydrogen-bond acceptors (Lipinski definition) is 4. The highest BCUT2D eigenvalue weighted by molar-refractivity contribution is 7.12. The molecule has 0 bridgehead atoms. The molecule has 0 spiro atoms. The fraction of sp³-hybridized carbons (Fsp3) is 0.533. The van der Waals surface area contributed by atoms with Crippen molar-refractivity contribution >= 4 is 17.2 Å². The van der Waals surface area contributed by atoms with Crippen molar-refractivity contribution in [3.63, 3.8) is 0 Å². The number of anilines is 1. The van der Waals surface area contributed by atoms with Gasteiger partial charge in [-0.15, -0.1) is 11.3 Å². The van der Waals surface area contributed by atoms with E-state index in [-0.39, 0.29) is 0 Å². The third kappa shape index (κ3) is 3.04. The highest BCUT2D eigenvalue weighted by Crippen LogP contribution is 2.25. The van der Waals surface area contributed by atoms with Crippen LogP contribution in [0, 0.1) is 13.8 Å². The lowest BCUT2D eigenvalue weighted by molar-refractivity contribution is 0.581. The van der Waals surface area contributed by atoms with Crippen molar-refractivity contribution in [2.75, 3.05) is 19.0 Å². The van der Waals surface area contributed by atoms with Crippen molar-refractivity contribution < 1.29 is 0 Å². The van der Waals surface area contributed by atoms with Crippen LogP contribution in [0.15, 0.2) is 12.1 Å². The van der Waals surface area contributed by atoms with E-state index in [0.29, 0.717) is 6.04 Å². The molecule has 0 saturated carbocycles. The third-order valence-electron chi connectivity index (χ3n) is 3.51. The van der Waals surface area contributed by atoms with Crippen molar-refractivity contribution in [3.8, 4) is 0 Å². The summed E-state index contributed by atoms with van der Waals surface area (Å²) < 4.78 is 1.95. The Morgan fingerprint density at radius 1 is 1.35 bits per heavy atom. The Bertz CT molecular complexity index is 583. The molecule has 0 unspecified atom stereocenters. The highest BCUT2D eigenvalue weighted by atomic mass is 32.1. The highest BCUT2D eigenvalue weighted by Gasteiger charge is 2.16. The standard InChI is InChI=1S/C15H24N4S/c1-10-7-8-14(20-10)12(3)16-9-13-11(2)17-19(6)15(13)18(4)5/h7-8,12,16H,9H2,1-6H3/t12-/m1/s1. The summed E-state index contributed by atoms with van der Waals surface area (Å²) in [5, 5.41) is 8.13. The Morgan fingerprint density at radius 2 is 2.05 bits per heavy atom. The van der Waals surface area contributed by atoms with Crippen LogP contribution in [-0.2, 0) is 13.6 Å². The smallest absolute Gasteiger partial charge is 0.130 e. The molecule has 0 aliphatic heterocycles. The lowest BCUT2D eigenvalue weighted by atomic mass is 10.2. The molecule has 5 heteroatoms. The van der Waals surface area contributed by atoms with Gasteiger partial charge in [-0.1, -0.05) is 0 Å². The number of aromatic nitrogens is 2. The molecule has 2 aromatic rings. The predicted octanol–water partition coefficient (Wildman–Crippen LogP) is 3.02. The number of thiophene rings is 1. The van der Waals surface area contributed by atoms with Crippen LogP contribution in [0.5, 0.6) is 0 Å². The fourth-order valence-corrected chi connectivity index (χ4v) is 3.40. The predicted molar refractivity (Wildman–Crippen MR) is 86.6 cm³/mol. The average molecular weight is 292 g/mol.